The van der Waals surface area contributed by atoms with E-state index < -0.39 is 41.3 Å². The van der Waals surface area contributed by atoms with E-state index in [2.05, 4.69) is 15.4 Å². The van der Waals surface area contributed by atoms with Crippen molar-refractivity contribution in [1.29, 1.82) is 0 Å². The van der Waals surface area contributed by atoms with Crippen molar-refractivity contribution >= 4 is 23.9 Å². The van der Waals surface area contributed by atoms with Gasteiger partial charge >= 0.3 is 5.97 Å². The number of hydrogen-bond acceptors (Lipinski definition) is 6. The molecule has 224 valence electrons. The van der Waals surface area contributed by atoms with E-state index in [-0.39, 0.29) is 42.3 Å². The van der Waals surface area contributed by atoms with Crippen LogP contribution in [0.5, 0.6) is 0 Å². The van der Waals surface area contributed by atoms with Gasteiger partial charge in [-0.3, -0.25) is 19.3 Å². The average molecular weight is 602 g/mol. The lowest BCUT2D eigenvalue weighted by molar-refractivity contribution is -0.122. The predicted molar refractivity (Wildman–Crippen MR) is 153 cm³/mol. The predicted octanol–water partition coefficient (Wildman–Crippen LogP) is 4.62. The fraction of sp³-hybridized carbons (Fsp3) is 0.219. The maximum absolute atomic E-state index is 14.3. The molecular formula is C32H26F3N5O4. The van der Waals surface area contributed by atoms with Crippen molar-refractivity contribution in [3.63, 3.8) is 0 Å². The number of esters is 1. The van der Waals surface area contributed by atoms with E-state index in [1.54, 1.807) is 19.1 Å². The van der Waals surface area contributed by atoms with Crippen molar-refractivity contribution in [2.45, 2.75) is 38.3 Å². The summed E-state index contributed by atoms with van der Waals surface area (Å²) >= 11 is 0. The van der Waals surface area contributed by atoms with Crippen molar-refractivity contribution in [3.05, 3.63) is 112 Å². The summed E-state index contributed by atoms with van der Waals surface area (Å²) in [5, 5.41) is 7.29. The van der Waals surface area contributed by atoms with E-state index in [9.17, 15) is 27.6 Å². The highest BCUT2D eigenvalue weighted by Crippen LogP contribution is 2.55. The third kappa shape index (κ3) is 5.58. The maximum atomic E-state index is 14.3. The number of fused-ring (bicyclic) bond motifs is 3. The third-order valence-electron chi connectivity index (χ3n) is 7.60. The van der Waals surface area contributed by atoms with Gasteiger partial charge in [-0.15, -0.1) is 0 Å². The van der Waals surface area contributed by atoms with Crippen LogP contribution in [0.2, 0.25) is 0 Å². The Hall–Kier alpha value is -5.26. The molecular weight excluding hydrogens is 575 g/mol. The second-order valence-corrected chi connectivity index (χ2v) is 10.6. The number of halogens is 3. The van der Waals surface area contributed by atoms with Gasteiger partial charge in [0.15, 0.2) is 5.69 Å². The van der Waals surface area contributed by atoms with Crippen LogP contribution < -0.4 is 11.1 Å². The number of nitrogens with two attached hydrogens (primary N) is 1. The minimum Gasteiger partial charge on any atom is -0.461 e. The van der Waals surface area contributed by atoms with Gasteiger partial charge in [0.05, 0.1) is 29.6 Å². The molecule has 0 aliphatic heterocycles. The molecule has 0 bridgehead atoms. The molecule has 4 aromatic rings. The molecule has 2 amide bonds. The number of amides is 2. The zero-order chi connectivity index (χ0) is 31.1. The first-order valence-electron chi connectivity index (χ1n) is 13.9. The zero-order valence-electron chi connectivity index (χ0n) is 23.4. The first-order chi connectivity index (χ1) is 21.1. The normalized spacial score (nSPS) is 15.2. The molecule has 1 saturated carbocycles. The van der Waals surface area contributed by atoms with E-state index in [0.29, 0.717) is 22.5 Å². The lowest BCUT2D eigenvalue weighted by Gasteiger charge is -2.22. The molecule has 2 aliphatic carbocycles. The lowest BCUT2D eigenvalue weighted by atomic mass is 9.94. The SMILES string of the molecule is CCOC(=O)c1nn(CC(=O)N[C@@H](Cc2cc(F)cc(F)c2)c2ncccc2-c2ccc(F)c(C(N)=O)c2)c2c1C1CC1=C2. The first-order valence-corrected chi connectivity index (χ1v) is 13.9. The highest BCUT2D eigenvalue weighted by Gasteiger charge is 2.44. The largest absolute Gasteiger partial charge is 0.461 e. The Morgan fingerprint density at radius 1 is 1.11 bits per heavy atom. The van der Waals surface area contributed by atoms with E-state index >= 15 is 0 Å². The van der Waals surface area contributed by atoms with Crippen molar-refractivity contribution < 1.29 is 32.3 Å². The molecule has 2 heterocycles. The van der Waals surface area contributed by atoms with Crippen LogP contribution in [0.15, 0.2) is 60.3 Å². The van der Waals surface area contributed by atoms with Crippen LogP contribution in [0.1, 0.15) is 68.7 Å². The standard InChI is InChI=1S/C32H26F3N5O4/c1-2-44-32(43)30-28-22-12-18(22)13-26(28)40(39-30)15-27(41)38-25(10-16-8-19(33)14-20(34)9-16)29-21(4-3-7-37-29)17-5-6-24(35)23(11-17)31(36)42/h3-9,11,13-14,22,25H,2,10,12,15H2,1H3,(H2,36,42)(H,38,41)/t22?,25-/m0/s1. The first kappa shape index (κ1) is 28.8. The number of aromatic nitrogens is 3. The fourth-order valence-corrected chi connectivity index (χ4v) is 5.63. The number of nitrogens with zero attached hydrogens (tertiary/aromatic N) is 3. The summed E-state index contributed by atoms with van der Waals surface area (Å²) in [6.07, 6.45) is 4.16. The quantitative estimate of drug-likeness (QED) is 0.255. The number of allylic oxidation sites excluding steroid dienone is 1. The molecule has 2 atom stereocenters. The highest BCUT2D eigenvalue weighted by atomic mass is 19.1. The Kier molecular flexibility index (Phi) is 7.50. The lowest BCUT2D eigenvalue weighted by Crippen LogP contribution is -2.34. The molecule has 0 radical (unpaired) electrons. The Morgan fingerprint density at radius 3 is 2.61 bits per heavy atom. The van der Waals surface area contributed by atoms with Gasteiger partial charge in [-0.05, 0) is 67.3 Å². The number of hydrogen-bond donors (Lipinski definition) is 2. The Balaban J connectivity index is 1.35. The summed E-state index contributed by atoms with van der Waals surface area (Å²) in [6.45, 7) is 1.60. The molecule has 0 saturated heterocycles. The van der Waals surface area contributed by atoms with Gasteiger partial charge in [0.25, 0.3) is 5.91 Å². The number of rotatable bonds is 10. The Labute approximate surface area is 249 Å². The van der Waals surface area contributed by atoms with Gasteiger partial charge in [0, 0.05) is 29.3 Å². The van der Waals surface area contributed by atoms with E-state index in [4.69, 9.17) is 10.5 Å². The number of ether oxygens (including phenoxy) is 1. The molecule has 9 nitrogen and oxygen atoms in total. The number of carbonyl (C=O) groups excluding carboxylic acids is 3. The molecule has 1 fully saturated rings. The van der Waals surface area contributed by atoms with E-state index in [1.807, 2.05) is 6.08 Å². The summed E-state index contributed by atoms with van der Waals surface area (Å²) in [6, 6.07) is 9.21. The molecule has 2 aromatic carbocycles. The second kappa shape index (κ2) is 11.4. The number of benzene rings is 2. The number of pyridine rings is 1. The monoisotopic (exact) mass is 601 g/mol. The molecule has 1 unspecified atom stereocenters. The summed E-state index contributed by atoms with van der Waals surface area (Å²) in [7, 11) is 0. The number of nitrogens with one attached hydrogen (secondary N) is 1. The summed E-state index contributed by atoms with van der Waals surface area (Å²) in [5.41, 5.74) is 9.11. The van der Waals surface area contributed by atoms with Gasteiger partial charge in [-0.1, -0.05) is 17.7 Å². The zero-order valence-corrected chi connectivity index (χ0v) is 23.4. The van der Waals surface area contributed by atoms with Gasteiger partial charge in [0.1, 0.15) is 24.0 Å². The molecule has 2 aliphatic rings. The van der Waals surface area contributed by atoms with Crippen LogP contribution in [0.25, 0.3) is 17.2 Å². The van der Waals surface area contributed by atoms with Crippen molar-refractivity contribution in [2.24, 2.45) is 5.73 Å². The van der Waals surface area contributed by atoms with Gasteiger partial charge < -0.3 is 15.8 Å². The molecule has 2 aromatic heterocycles. The maximum Gasteiger partial charge on any atom is 0.359 e. The van der Waals surface area contributed by atoms with Crippen molar-refractivity contribution in [1.82, 2.24) is 20.1 Å². The van der Waals surface area contributed by atoms with Gasteiger partial charge in [-0.25, -0.2) is 18.0 Å². The Bertz CT molecular complexity index is 1850. The number of carbonyl (C=O) groups is 3. The topological polar surface area (TPSA) is 129 Å². The van der Waals surface area contributed by atoms with E-state index in [0.717, 1.165) is 41.8 Å². The summed E-state index contributed by atoms with van der Waals surface area (Å²) < 4.78 is 49.2. The van der Waals surface area contributed by atoms with Gasteiger partial charge in [-0.2, -0.15) is 5.10 Å². The van der Waals surface area contributed by atoms with Crippen molar-refractivity contribution in [2.75, 3.05) is 6.61 Å². The average Bonchev–Trinajstić information content (AvgIpc) is 3.50. The van der Waals surface area contributed by atoms with Crippen LogP contribution >= 0.6 is 0 Å². The minimum absolute atomic E-state index is 0.0638. The summed E-state index contributed by atoms with van der Waals surface area (Å²) in [5.74, 6) is -4.33. The highest BCUT2D eigenvalue weighted by molar-refractivity contribution is 5.95. The Morgan fingerprint density at radius 2 is 1.89 bits per heavy atom. The van der Waals surface area contributed by atoms with Crippen LogP contribution in [0.4, 0.5) is 13.2 Å². The van der Waals surface area contributed by atoms with Crippen LogP contribution in [0.3, 0.4) is 0 Å². The smallest absolute Gasteiger partial charge is 0.359 e. The van der Waals surface area contributed by atoms with Crippen molar-refractivity contribution in [3.8, 4) is 11.1 Å². The fourth-order valence-electron chi connectivity index (χ4n) is 5.63. The van der Waals surface area contributed by atoms with Gasteiger partial charge in [0.2, 0.25) is 5.91 Å². The molecule has 44 heavy (non-hydrogen) atoms. The number of primary amides is 1. The van der Waals surface area contributed by atoms with E-state index in [1.165, 1.54) is 23.0 Å². The van der Waals surface area contributed by atoms with Crippen LogP contribution in [-0.4, -0.2) is 39.2 Å². The van der Waals surface area contributed by atoms with Crippen LogP contribution in [0, 0.1) is 17.5 Å². The molecule has 6 rings (SSSR count). The molecule has 0 spiro atoms. The minimum atomic E-state index is -0.962. The molecule has 12 heteroatoms. The second-order valence-electron chi connectivity index (χ2n) is 10.6. The molecule has 3 N–H and O–H groups in total. The van der Waals surface area contributed by atoms with Crippen LogP contribution in [-0.2, 0) is 22.5 Å². The third-order valence-corrected chi connectivity index (χ3v) is 7.60. The summed E-state index contributed by atoms with van der Waals surface area (Å²) in [4.78, 5) is 42.5.